The fraction of sp³-hybridized carbons (Fsp3) is 0.615. The summed E-state index contributed by atoms with van der Waals surface area (Å²) in [5, 5.41) is 0. The average Bonchev–Trinajstić information content (AvgIpc) is 3.00. The van der Waals surface area contributed by atoms with Gasteiger partial charge in [-0.1, -0.05) is 32.0 Å². The van der Waals surface area contributed by atoms with Gasteiger partial charge < -0.3 is 9.64 Å². The third-order valence-electron chi connectivity index (χ3n) is 7.08. The van der Waals surface area contributed by atoms with Gasteiger partial charge in [-0.2, -0.15) is 0 Å². The van der Waals surface area contributed by atoms with Crippen molar-refractivity contribution in [3.63, 3.8) is 0 Å². The van der Waals surface area contributed by atoms with Crippen molar-refractivity contribution in [2.75, 3.05) is 52.5 Å². The number of hydrogen-bond donors (Lipinski definition) is 0. The van der Waals surface area contributed by atoms with Gasteiger partial charge in [0.2, 0.25) is 0 Å². The number of benzene rings is 1. The summed E-state index contributed by atoms with van der Waals surface area (Å²) in [4.78, 5) is 33.2. The van der Waals surface area contributed by atoms with Crippen LogP contribution in [0.5, 0.6) is 0 Å². The lowest BCUT2D eigenvalue weighted by atomic mass is 9.90. The predicted octanol–water partition coefficient (Wildman–Crippen LogP) is 3.08. The zero-order valence-corrected chi connectivity index (χ0v) is 20.0. The molecular weight excluding hydrogens is 402 g/mol. The molecule has 0 aliphatic carbocycles. The largest absolute Gasteiger partial charge is 0.379 e. The second kappa shape index (κ2) is 9.75. The average molecular weight is 440 g/mol. The zero-order valence-electron chi connectivity index (χ0n) is 20.0. The highest BCUT2D eigenvalue weighted by Gasteiger charge is 2.42. The van der Waals surface area contributed by atoms with Gasteiger partial charge in [0.25, 0.3) is 11.8 Å². The van der Waals surface area contributed by atoms with Crippen molar-refractivity contribution in [3.8, 4) is 0 Å². The molecule has 3 aliphatic heterocycles. The summed E-state index contributed by atoms with van der Waals surface area (Å²) in [6.07, 6.45) is 1.95. The minimum absolute atomic E-state index is 0.119. The van der Waals surface area contributed by atoms with Gasteiger partial charge in [0, 0.05) is 39.3 Å². The van der Waals surface area contributed by atoms with Crippen LogP contribution in [0.15, 0.2) is 23.9 Å². The molecule has 174 valence electrons. The molecule has 6 heteroatoms. The lowest BCUT2D eigenvalue weighted by molar-refractivity contribution is -0.137. The lowest BCUT2D eigenvalue weighted by Crippen LogP contribution is -2.42. The number of hydrogen-bond acceptors (Lipinski definition) is 5. The van der Waals surface area contributed by atoms with Crippen LogP contribution in [0.25, 0.3) is 5.57 Å². The van der Waals surface area contributed by atoms with Gasteiger partial charge in [0.1, 0.15) is 5.70 Å². The number of amides is 2. The number of rotatable bonds is 6. The highest BCUT2D eigenvalue weighted by atomic mass is 16.5. The van der Waals surface area contributed by atoms with E-state index in [0.29, 0.717) is 29.7 Å². The van der Waals surface area contributed by atoms with Gasteiger partial charge in [0.15, 0.2) is 0 Å². The summed E-state index contributed by atoms with van der Waals surface area (Å²) >= 11 is 0. The Morgan fingerprint density at radius 1 is 0.938 bits per heavy atom. The first-order valence-corrected chi connectivity index (χ1v) is 12.1. The Hall–Kier alpha value is -2.18. The van der Waals surface area contributed by atoms with E-state index in [9.17, 15) is 9.59 Å². The minimum atomic E-state index is -0.138. The molecule has 2 unspecified atom stereocenters. The summed E-state index contributed by atoms with van der Waals surface area (Å²) < 4.78 is 5.42. The van der Waals surface area contributed by atoms with Crippen molar-refractivity contribution in [1.82, 2.24) is 14.7 Å². The van der Waals surface area contributed by atoms with Crippen LogP contribution >= 0.6 is 0 Å². The fourth-order valence-electron chi connectivity index (χ4n) is 5.34. The first-order valence-electron chi connectivity index (χ1n) is 12.1. The third-order valence-corrected chi connectivity index (χ3v) is 7.08. The molecule has 32 heavy (non-hydrogen) atoms. The molecule has 2 amide bonds. The normalized spacial score (nSPS) is 25.2. The summed E-state index contributed by atoms with van der Waals surface area (Å²) in [6.45, 7) is 15.0. The molecule has 4 rings (SSSR count). The van der Waals surface area contributed by atoms with E-state index in [1.54, 1.807) is 0 Å². The minimum Gasteiger partial charge on any atom is -0.379 e. The standard InChI is InChI=1S/C26H37N3O3/c1-18-14-19(2)17-28(16-18)24-23(22-7-6-20(3)21(4)15-22)25(30)29(26(24)31)9-5-8-27-10-12-32-13-11-27/h6-7,15,18-19H,5,8-14,16-17H2,1-4H3. The summed E-state index contributed by atoms with van der Waals surface area (Å²) in [5.74, 6) is 0.753. The number of imide groups is 1. The SMILES string of the molecule is Cc1ccc(C2=C(N3CC(C)CC(C)C3)C(=O)N(CCCN3CCOCC3)C2=O)cc1C. The second-order valence-electron chi connectivity index (χ2n) is 9.94. The Morgan fingerprint density at radius 2 is 1.62 bits per heavy atom. The third kappa shape index (κ3) is 4.76. The first-order chi connectivity index (χ1) is 15.3. The number of morpholine rings is 1. The number of likely N-dealkylation sites (tertiary alicyclic amines) is 1. The van der Waals surface area contributed by atoms with Crippen molar-refractivity contribution in [3.05, 3.63) is 40.6 Å². The molecule has 2 atom stereocenters. The molecule has 0 N–H and O–H groups in total. The van der Waals surface area contributed by atoms with Gasteiger partial charge in [-0.25, -0.2) is 0 Å². The van der Waals surface area contributed by atoms with Crippen molar-refractivity contribution in [2.24, 2.45) is 11.8 Å². The zero-order chi connectivity index (χ0) is 22.8. The Balaban J connectivity index is 1.59. The van der Waals surface area contributed by atoms with Gasteiger partial charge in [-0.05, 0) is 55.2 Å². The molecule has 2 saturated heterocycles. The smallest absolute Gasteiger partial charge is 0.277 e. The lowest BCUT2D eigenvalue weighted by Gasteiger charge is -2.37. The van der Waals surface area contributed by atoms with Gasteiger partial charge in [0.05, 0.1) is 18.8 Å². The van der Waals surface area contributed by atoms with Crippen molar-refractivity contribution in [1.29, 1.82) is 0 Å². The van der Waals surface area contributed by atoms with Crippen LogP contribution in [-0.2, 0) is 14.3 Å². The van der Waals surface area contributed by atoms with Crippen LogP contribution in [0, 0.1) is 25.7 Å². The second-order valence-corrected chi connectivity index (χ2v) is 9.94. The quantitative estimate of drug-likeness (QED) is 0.638. The van der Waals surface area contributed by atoms with Gasteiger partial charge in [-0.3, -0.25) is 19.4 Å². The Kier molecular flexibility index (Phi) is 7.01. The molecule has 0 aromatic heterocycles. The Bertz CT molecular complexity index is 894. The number of carbonyl (C=O) groups is 2. The molecule has 1 aromatic rings. The predicted molar refractivity (Wildman–Crippen MR) is 126 cm³/mol. The Labute approximate surface area is 192 Å². The highest BCUT2D eigenvalue weighted by Crippen LogP contribution is 2.35. The molecule has 3 aliphatic rings. The topological polar surface area (TPSA) is 53.1 Å². The molecule has 6 nitrogen and oxygen atoms in total. The van der Waals surface area contributed by atoms with Crippen LogP contribution in [0.4, 0.5) is 0 Å². The van der Waals surface area contributed by atoms with Crippen molar-refractivity contribution in [2.45, 2.75) is 40.5 Å². The van der Waals surface area contributed by atoms with E-state index in [4.69, 9.17) is 4.74 Å². The highest BCUT2D eigenvalue weighted by molar-refractivity contribution is 6.35. The summed E-state index contributed by atoms with van der Waals surface area (Å²) in [6, 6.07) is 6.11. The molecule has 0 spiro atoms. The maximum absolute atomic E-state index is 13.6. The van der Waals surface area contributed by atoms with E-state index in [0.717, 1.165) is 69.9 Å². The molecule has 0 saturated carbocycles. The number of aryl methyl sites for hydroxylation is 2. The van der Waals surface area contributed by atoms with E-state index in [2.05, 4.69) is 49.6 Å². The fourth-order valence-corrected chi connectivity index (χ4v) is 5.34. The molecule has 0 bridgehead atoms. The van der Waals surface area contributed by atoms with E-state index in [1.807, 2.05) is 6.07 Å². The van der Waals surface area contributed by atoms with Crippen LogP contribution in [0.3, 0.4) is 0 Å². The number of piperidine rings is 1. The number of nitrogens with zero attached hydrogens (tertiary/aromatic N) is 3. The molecule has 1 aromatic carbocycles. The van der Waals surface area contributed by atoms with Crippen LogP contribution in [0.1, 0.15) is 43.4 Å². The molecule has 2 fully saturated rings. The van der Waals surface area contributed by atoms with Crippen molar-refractivity contribution < 1.29 is 14.3 Å². The van der Waals surface area contributed by atoms with E-state index in [-0.39, 0.29) is 11.8 Å². The van der Waals surface area contributed by atoms with E-state index in [1.165, 1.54) is 10.5 Å². The van der Waals surface area contributed by atoms with Crippen LogP contribution < -0.4 is 0 Å². The van der Waals surface area contributed by atoms with Gasteiger partial charge >= 0.3 is 0 Å². The monoisotopic (exact) mass is 439 g/mol. The Morgan fingerprint density at radius 3 is 2.28 bits per heavy atom. The van der Waals surface area contributed by atoms with Crippen LogP contribution in [0.2, 0.25) is 0 Å². The van der Waals surface area contributed by atoms with Gasteiger partial charge in [-0.15, -0.1) is 0 Å². The number of carbonyl (C=O) groups excluding carboxylic acids is 2. The molecular formula is C26H37N3O3. The first kappa shape index (κ1) is 23.0. The maximum Gasteiger partial charge on any atom is 0.277 e. The molecule has 3 heterocycles. The molecule has 0 radical (unpaired) electrons. The van der Waals surface area contributed by atoms with Crippen LogP contribution in [-0.4, -0.2) is 79.0 Å². The summed E-state index contributed by atoms with van der Waals surface area (Å²) in [7, 11) is 0. The number of ether oxygens (including phenoxy) is 1. The maximum atomic E-state index is 13.6. The van der Waals surface area contributed by atoms with E-state index < -0.39 is 0 Å². The van der Waals surface area contributed by atoms with Crippen molar-refractivity contribution >= 4 is 17.4 Å². The summed E-state index contributed by atoms with van der Waals surface area (Å²) in [5.41, 5.74) is 4.40. The van der Waals surface area contributed by atoms with E-state index >= 15 is 0 Å².